The van der Waals surface area contributed by atoms with Crippen LogP contribution in [0.1, 0.15) is 13.3 Å². The van der Waals surface area contributed by atoms with Crippen molar-refractivity contribution in [3.63, 3.8) is 0 Å². The maximum absolute atomic E-state index is 10.2. The molecule has 0 aliphatic heterocycles. The van der Waals surface area contributed by atoms with Crippen LogP contribution in [-0.2, 0) is 19.1 Å². The molecule has 0 bridgehead atoms. The summed E-state index contributed by atoms with van der Waals surface area (Å²) in [4.78, 5) is 20.3. The van der Waals surface area contributed by atoms with E-state index in [4.69, 9.17) is 4.74 Å². The minimum absolute atomic E-state index is 0.506. The SMILES string of the molecule is CCC(C=O)O[C@@H](C=O)OC. The van der Waals surface area contributed by atoms with Crippen molar-refractivity contribution in [1.82, 2.24) is 0 Å². The largest absolute Gasteiger partial charge is 0.350 e. The molecule has 0 radical (unpaired) electrons. The zero-order chi connectivity index (χ0) is 8.69. The first kappa shape index (κ1) is 10.3. The van der Waals surface area contributed by atoms with E-state index in [2.05, 4.69) is 4.74 Å². The Morgan fingerprint density at radius 1 is 1.36 bits per heavy atom. The lowest BCUT2D eigenvalue weighted by molar-refractivity contribution is -0.165. The quantitative estimate of drug-likeness (QED) is 0.410. The zero-order valence-corrected chi connectivity index (χ0v) is 6.65. The average molecular weight is 160 g/mol. The summed E-state index contributed by atoms with van der Waals surface area (Å²) in [7, 11) is 1.34. The van der Waals surface area contributed by atoms with Crippen LogP contribution in [0.4, 0.5) is 0 Å². The third kappa shape index (κ3) is 3.85. The van der Waals surface area contributed by atoms with Crippen LogP contribution in [0.15, 0.2) is 0 Å². The van der Waals surface area contributed by atoms with E-state index < -0.39 is 12.4 Å². The lowest BCUT2D eigenvalue weighted by atomic mass is 10.3. The Morgan fingerprint density at radius 2 is 2.00 bits per heavy atom. The molecule has 0 aromatic heterocycles. The molecule has 0 fully saturated rings. The highest BCUT2D eigenvalue weighted by Crippen LogP contribution is 1.98. The van der Waals surface area contributed by atoms with Crippen molar-refractivity contribution in [2.45, 2.75) is 25.7 Å². The van der Waals surface area contributed by atoms with Gasteiger partial charge in [0.05, 0.1) is 0 Å². The van der Waals surface area contributed by atoms with Gasteiger partial charge in [0.2, 0.25) is 6.29 Å². The normalized spacial score (nSPS) is 15.5. The first-order valence-electron chi connectivity index (χ1n) is 3.37. The topological polar surface area (TPSA) is 52.6 Å². The van der Waals surface area contributed by atoms with Gasteiger partial charge >= 0.3 is 0 Å². The number of methoxy groups -OCH3 is 1. The molecular weight excluding hydrogens is 148 g/mol. The van der Waals surface area contributed by atoms with Crippen LogP contribution in [0.25, 0.3) is 0 Å². The van der Waals surface area contributed by atoms with Crippen molar-refractivity contribution >= 4 is 12.6 Å². The molecule has 0 aromatic rings. The van der Waals surface area contributed by atoms with Crippen LogP contribution in [0, 0.1) is 0 Å². The fourth-order valence-electron chi connectivity index (χ4n) is 0.540. The molecule has 0 saturated heterocycles. The summed E-state index contributed by atoms with van der Waals surface area (Å²) in [5.41, 5.74) is 0. The molecule has 11 heavy (non-hydrogen) atoms. The molecule has 0 N–H and O–H groups in total. The van der Waals surface area contributed by atoms with Gasteiger partial charge < -0.3 is 14.3 Å². The van der Waals surface area contributed by atoms with Gasteiger partial charge in [-0.1, -0.05) is 6.92 Å². The molecule has 64 valence electrons. The van der Waals surface area contributed by atoms with Crippen molar-refractivity contribution in [3.8, 4) is 0 Å². The van der Waals surface area contributed by atoms with Gasteiger partial charge in [-0.15, -0.1) is 0 Å². The third-order valence-electron chi connectivity index (χ3n) is 1.21. The van der Waals surface area contributed by atoms with Crippen LogP contribution in [-0.4, -0.2) is 32.1 Å². The lowest BCUT2D eigenvalue weighted by Gasteiger charge is -2.13. The summed E-state index contributed by atoms with van der Waals surface area (Å²) in [6.07, 6.45) is 0.217. The minimum atomic E-state index is -0.926. The summed E-state index contributed by atoms with van der Waals surface area (Å²) in [6, 6.07) is 0. The molecule has 1 unspecified atom stereocenters. The van der Waals surface area contributed by atoms with Gasteiger partial charge in [0.25, 0.3) is 0 Å². The molecule has 0 aliphatic rings. The first-order valence-corrected chi connectivity index (χ1v) is 3.37. The van der Waals surface area contributed by atoms with Gasteiger partial charge in [0.15, 0.2) is 6.29 Å². The minimum Gasteiger partial charge on any atom is -0.350 e. The predicted molar refractivity (Wildman–Crippen MR) is 38.1 cm³/mol. The second kappa shape index (κ2) is 6.00. The molecule has 0 aliphatic carbocycles. The molecular formula is C7H12O4. The van der Waals surface area contributed by atoms with E-state index in [-0.39, 0.29) is 0 Å². The summed E-state index contributed by atoms with van der Waals surface area (Å²) in [6.45, 7) is 1.79. The van der Waals surface area contributed by atoms with Gasteiger partial charge in [-0.25, -0.2) is 0 Å². The Bertz CT molecular complexity index is 110. The van der Waals surface area contributed by atoms with E-state index in [1.165, 1.54) is 7.11 Å². The molecule has 0 heterocycles. The number of aldehydes is 2. The van der Waals surface area contributed by atoms with E-state index in [1.54, 1.807) is 6.92 Å². The lowest BCUT2D eigenvalue weighted by Crippen LogP contribution is -2.25. The highest BCUT2D eigenvalue weighted by Gasteiger charge is 2.12. The van der Waals surface area contributed by atoms with Crippen molar-refractivity contribution in [3.05, 3.63) is 0 Å². The molecule has 0 aromatic carbocycles. The summed E-state index contributed by atoms with van der Waals surface area (Å²) in [5, 5.41) is 0. The smallest absolute Gasteiger partial charge is 0.215 e. The molecule has 0 saturated carbocycles. The third-order valence-corrected chi connectivity index (χ3v) is 1.21. The Balaban J connectivity index is 3.76. The molecule has 0 amide bonds. The van der Waals surface area contributed by atoms with Crippen LogP contribution in [0.2, 0.25) is 0 Å². The van der Waals surface area contributed by atoms with Crippen molar-refractivity contribution in [1.29, 1.82) is 0 Å². The van der Waals surface area contributed by atoms with Gasteiger partial charge in [-0.05, 0) is 6.42 Å². The molecule has 4 heteroatoms. The maximum atomic E-state index is 10.2. The van der Waals surface area contributed by atoms with Crippen LogP contribution in [0.3, 0.4) is 0 Å². The van der Waals surface area contributed by atoms with Crippen LogP contribution >= 0.6 is 0 Å². The van der Waals surface area contributed by atoms with E-state index >= 15 is 0 Å². The van der Waals surface area contributed by atoms with Crippen LogP contribution < -0.4 is 0 Å². The van der Waals surface area contributed by atoms with Crippen molar-refractivity contribution in [2.24, 2.45) is 0 Å². The number of carbonyl (C=O) groups is 2. The van der Waals surface area contributed by atoms with Gasteiger partial charge in [-0.2, -0.15) is 0 Å². The Morgan fingerprint density at radius 3 is 2.27 bits per heavy atom. The standard InChI is InChI=1S/C7H12O4/c1-3-6(4-8)11-7(5-9)10-2/h4-7H,3H2,1-2H3/t6?,7-/m0/s1. The van der Waals surface area contributed by atoms with Gasteiger partial charge in [-0.3, -0.25) is 4.79 Å². The number of ether oxygens (including phenoxy) is 2. The van der Waals surface area contributed by atoms with Crippen molar-refractivity contribution in [2.75, 3.05) is 7.11 Å². The van der Waals surface area contributed by atoms with E-state index in [9.17, 15) is 9.59 Å². The van der Waals surface area contributed by atoms with Crippen molar-refractivity contribution < 1.29 is 19.1 Å². The molecule has 4 nitrogen and oxygen atoms in total. The average Bonchev–Trinajstić information content (AvgIpc) is 2.07. The monoisotopic (exact) mass is 160 g/mol. The number of carbonyl (C=O) groups excluding carboxylic acids is 2. The highest BCUT2D eigenvalue weighted by molar-refractivity contribution is 5.58. The Hall–Kier alpha value is -0.740. The fraction of sp³-hybridized carbons (Fsp3) is 0.714. The second-order valence-corrected chi connectivity index (χ2v) is 1.96. The summed E-state index contributed by atoms with van der Waals surface area (Å²) >= 11 is 0. The van der Waals surface area contributed by atoms with E-state index in [1.807, 2.05) is 0 Å². The fourth-order valence-corrected chi connectivity index (χ4v) is 0.540. The molecule has 2 atom stereocenters. The maximum Gasteiger partial charge on any atom is 0.215 e. The number of hydrogen-bond acceptors (Lipinski definition) is 4. The van der Waals surface area contributed by atoms with Crippen LogP contribution in [0.5, 0.6) is 0 Å². The zero-order valence-electron chi connectivity index (χ0n) is 6.65. The second-order valence-electron chi connectivity index (χ2n) is 1.96. The summed E-state index contributed by atoms with van der Waals surface area (Å²) in [5.74, 6) is 0. The predicted octanol–water partition coefficient (Wildman–Crippen LogP) is 0.152. The van der Waals surface area contributed by atoms with Gasteiger partial charge in [0, 0.05) is 7.11 Å². The summed E-state index contributed by atoms with van der Waals surface area (Å²) < 4.78 is 9.47. The first-order chi connectivity index (χ1) is 5.28. The van der Waals surface area contributed by atoms with Gasteiger partial charge in [0.1, 0.15) is 12.4 Å². The van der Waals surface area contributed by atoms with E-state index in [0.29, 0.717) is 19.0 Å². The molecule has 0 spiro atoms. The van der Waals surface area contributed by atoms with E-state index in [0.717, 1.165) is 0 Å². The molecule has 0 rings (SSSR count). The highest BCUT2D eigenvalue weighted by atomic mass is 16.7. The Labute approximate surface area is 65.5 Å². The Kier molecular flexibility index (Phi) is 5.60. The number of rotatable bonds is 6. The number of hydrogen-bond donors (Lipinski definition) is 0.